The van der Waals surface area contributed by atoms with Gasteiger partial charge in [0.15, 0.2) is 0 Å². The molecule has 0 aliphatic carbocycles. The number of hydrogen-bond donors (Lipinski definition) is 0. The van der Waals surface area contributed by atoms with Crippen molar-refractivity contribution in [2.45, 2.75) is 26.4 Å². The van der Waals surface area contributed by atoms with Gasteiger partial charge in [-0.2, -0.15) is 0 Å². The van der Waals surface area contributed by atoms with E-state index in [9.17, 15) is 0 Å². The topological polar surface area (TPSA) is 18.5 Å². The minimum Gasteiger partial charge on any atom is -0.496 e. The Morgan fingerprint density at radius 3 is 2.30 bits per heavy atom. The predicted octanol–water partition coefficient (Wildman–Crippen LogP) is 4.99. The molecule has 0 saturated carbocycles. The van der Waals surface area contributed by atoms with Crippen molar-refractivity contribution in [2.75, 3.05) is 7.11 Å². The highest BCUT2D eigenvalue weighted by atomic mass is 79.9. The Balaban J connectivity index is 1.96. The van der Waals surface area contributed by atoms with Crippen molar-refractivity contribution in [3.8, 4) is 11.5 Å². The zero-order valence-corrected chi connectivity index (χ0v) is 13.4. The smallest absolute Gasteiger partial charge is 0.133 e. The number of benzene rings is 2. The number of methoxy groups -OCH3 is 1. The molecule has 2 aromatic rings. The van der Waals surface area contributed by atoms with E-state index in [1.165, 1.54) is 12.0 Å². The van der Waals surface area contributed by atoms with Crippen molar-refractivity contribution in [3.63, 3.8) is 0 Å². The van der Waals surface area contributed by atoms with Crippen molar-refractivity contribution in [1.29, 1.82) is 0 Å². The van der Waals surface area contributed by atoms with E-state index in [-0.39, 0.29) is 0 Å². The second-order valence-electron chi connectivity index (χ2n) is 4.65. The molecule has 0 atom stereocenters. The first-order chi connectivity index (χ1) is 9.72. The van der Waals surface area contributed by atoms with E-state index in [2.05, 4.69) is 35.0 Å². The molecule has 0 aromatic heterocycles. The van der Waals surface area contributed by atoms with E-state index in [4.69, 9.17) is 9.47 Å². The van der Waals surface area contributed by atoms with Gasteiger partial charge in [-0.1, -0.05) is 31.5 Å². The normalized spacial score (nSPS) is 10.3. The average molecular weight is 335 g/mol. The van der Waals surface area contributed by atoms with Gasteiger partial charge in [0.05, 0.1) is 11.6 Å². The van der Waals surface area contributed by atoms with Crippen LogP contribution in [0.4, 0.5) is 0 Å². The van der Waals surface area contributed by atoms with E-state index >= 15 is 0 Å². The van der Waals surface area contributed by atoms with E-state index in [1.54, 1.807) is 7.11 Å². The van der Waals surface area contributed by atoms with Crippen LogP contribution in [0, 0.1) is 0 Å². The van der Waals surface area contributed by atoms with Crippen LogP contribution in [0.3, 0.4) is 0 Å². The monoisotopic (exact) mass is 334 g/mol. The summed E-state index contributed by atoms with van der Waals surface area (Å²) in [5.41, 5.74) is 2.46. The molecule has 2 aromatic carbocycles. The first-order valence-electron chi connectivity index (χ1n) is 6.77. The summed E-state index contributed by atoms with van der Waals surface area (Å²) < 4.78 is 11.9. The van der Waals surface area contributed by atoms with Crippen LogP contribution in [0.1, 0.15) is 24.5 Å². The standard InChI is InChI=1S/C17H19BrO2/c1-3-4-13-5-8-15(9-6-13)20-12-14-7-10-17(19-2)16(18)11-14/h5-11H,3-4,12H2,1-2H3. The second-order valence-corrected chi connectivity index (χ2v) is 5.51. The molecule has 0 bridgehead atoms. The van der Waals surface area contributed by atoms with Gasteiger partial charge in [-0.15, -0.1) is 0 Å². The SMILES string of the molecule is CCCc1ccc(OCc2ccc(OC)c(Br)c2)cc1. The molecule has 0 aliphatic heterocycles. The highest BCUT2D eigenvalue weighted by Crippen LogP contribution is 2.26. The van der Waals surface area contributed by atoms with Crippen LogP contribution in [0.5, 0.6) is 11.5 Å². The summed E-state index contributed by atoms with van der Waals surface area (Å²) >= 11 is 3.48. The maximum absolute atomic E-state index is 5.79. The highest BCUT2D eigenvalue weighted by molar-refractivity contribution is 9.10. The third-order valence-corrected chi connectivity index (χ3v) is 3.70. The highest BCUT2D eigenvalue weighted by Gasteiger charge is 2.02. The lowest BCUT2D eigenvalue weighted by Crippen LogP contribution is -1.96. The molecule has 0 unspecified atom stereocenters. The fraction of sp³-hybridized carbons (Fsp3) is 0.294. The minimum atomic E-state index is 0.551. The summed E-state index contributed by atoms with van der Waals surface area (Å²) in [4.78, 5) is 0. The van der Waals surface area contributed by atoms with Crippen molar-refractivity contribution < 1.29 is 9.47 Å². The van der Waals surface area contributed by atoms with Gasteiger partial charge in [0.25, 0.3) is 0 Å². The van der Waals surface area contributed by atoms with Crippen LogP contribution >= 0.6 is 15.9 Å². The van der Waals surface area contributed by atoms with E-state index in [0.29, 0.717) is 6.61 Å². The molecule has 20 heavy (non-hydrogen) atoms. The van der Waals surface area contributed by atoms with Crippen LogP contribution in [0.25, 0.3) is 0 Å². The van der Waals surface area contributed by atoms with Crippen LogP contribution in [0.2, 0.25) is 0 Å². The molecule has 0 saturated heterocycles. The summed E-state index contributed by atoms with van der Waals surface area (Å²) in [5.74, 6) is 1.73. The zero-order valence-electron chi connectivity index (χ0n) is 11.9. The average Bonchev–Trinajstić information content (AvgIpc) is 2.47. The number of halogens is 1. The molecule has 0 spiro atoms. The second kappa shape index (κ2) is 7.34. The summed E-state index contributed by atoms with van der Waals surface area (Å²) in [5, 5.41) is 0. The molecule has 2 nitrogen and oxygen atoms in total. The quantitative estimate of drug-likeness (QED) is 0.740. The van der Waals surface area contributed by atoms with Gasteiger partial charge in [0.1, 0.15) is 18.1 Å². The Hall–Kier alpha value is -1.48. The number of rotatable bonds is 6. The number of ether oxygens (including phenoxy) is 2. The Bertz CT molecular complexity index is 549. The van der Waals surface area contributed by atoms with Gasteiger partial charge in [-0.05, 0) is 57.7 Å². The molecule has 2 rings (SSSR count). The molecule has 0 amide bonds. The van der Waals surface area contributed by atoms with Gasteiger partial charge in [0.2, 0.25) is 0 Å². The lowest BCUT2D eigenvalue weighted by Gasteiger charge is -2.09. The fourth-order valence-corrected chi connectivity index (χ4v) is 2.60. The molecule has 0 N–H and O–H groups in total. The van der Waals surface area contributed by atoms with Crippen molar-refractivity contribution in [2.24, 2.45) is 0 Å². The van der Waals surface area contributed by atoms with Gasteiger partial charge in [0, 0.05) is 0 Å². The number of hydrogen-bond acceptors (Lipinski definition) is 2. The first-order valence-corrected chi connectivity index (χ1v) is 7.56. The molecule has 3 heteroatoms. The lowest BCUT2D eigenvalue weighted by atomic mass is 10.1. The molecule has 0 heterocycles. The lowest BCUT2D eigenvalue weighted by molar-refractivity contribution is 0.305. The molecule has 0 radical (unpaired) electrons. The fourth-order valence-electron chi connectivity index (χ4n) is 2.01. The van der Waals surface area contributed by atoms with Gasteiger partial charge < -0.3 is 9.47 Å². The summed E-state index contributed by atoms with van der Waals surface area (Å²) in [6.07, 6.45) is 2.28. The number of aryl methyl sites for hydroxylation is 1. The van der Waals surface area contributed by atoms with Crippen LogP contribution in [0.15, 0.2) is 46.9 Å². The van der Waals surface area contributed by atoms with Gasteiger partial charge in [-0.25, -0.2) is 0 Å². The third-order valence-electron chi connectivity index (χ3n) is 3.08. The van der Waals surface area contributed by atoms with Crippen molar-refractivity contribution >= 4 is 15.9 Å². The molecule has 106 valence electrons. The Morgan fingerprint density at radius 1 is 1.00 bits per heavy atom. The molecular weight excluding hydrogens is 316 g/mol. The first kappa shape index (κ1) is 14.9. The largest absolute Gasteiger partial charge is 0.496 e. The van der Waals surface area contributed by atoms with Crippen LogP contribution in [-0.4, -0.2) is 7.11 Å². The summed E-state index contributed by atoms with van der Waals surface area (Å²) in [6, 6.07) is 14.3. The van der Waals surface area contributed by atoms with Crippen molar-refractivity contribution in [1.82, 2.24) is 0 Å². The Morgan fingerprint density at radius 2 is 1.70 bits per heavy atom. The molecular formula is C17H19BrO2. The predicted molar refractivity (Wildman–Crippen MR) is 85.5 cm³/mol. The third kappa shape index (κ3) is 4.01. The van der Waals surface area contributed by atoms with E-state index in [1.807, 2.05) is 30.3 Å². The molecule has 0 fully saturated rings. The van der Waals surface area contributed by atoms with Crippen molar-refractivity contribution in [3.05, 3.63) is 58.1 Å². The molecule has 0 aliphatic rings. The minimum absolute atomic E-state index is 0.551. The van der Waals surface area contributed by atoms with E-state index in [0.717, 1.165) is 28.0 Å². The Kier molecular flexibility index (Phi) is 5.48. The maximum Gasteiger partial charge on any atom is 0.133 e. The van der Waals surface area contributed by atoms with Crippen LogP contribution in [-0.2, 0) is 13.0 Å². The maximum atomic E-state index is 5.79. The Labute approximate surface area is 128 Å². The zero-order chi connectivity index (χ0) is 14.4. The summed E-state index contributed by atoms with van der Waals surface area (Å²) in [7, 11) is 1.66. The van der Waals surface area contributed by atoms with E-state index < -0.39 is 0 Å². The summed E-state index contributed by atoms with van der Waals surface area (Å²) in [6.45, 7) is 2.74. The van der Waals surface area contributed by atoms with Crippen LogP contribution < -0.4 is 9.47 Å². The van der Waals surface area contributed by atoms with Gasteiger partial charge >= 0.3 is 0 Å². The van der Waals surface area contributed by atoms with Gasteiger partial charge in [-0.3, -0.25) is 0 Å².